The van der Waals surface area contributed by atoms with Crippen LogP contribution >= 0.6 is 0 Å². The smallest absolute Gasteiger partial charge is 0.0799 e. The lowest BCUT2D eigenvalue weighted by atomic mass is 10.0. The average Bonchev–Trinajstić information content (AvgIpc) is 2.00. The van der Waals surface area contributed by atoms with Gasteiger partial charge in [0.2, 0.25) is 0 Å². The van der Waals surface area contributed by atoms with Gasteiger partial charge in [0, 0.05) is 6.61 Å². The first-order chi connectivity index (χ1) is 4.80. The maximum absolute atomic E-state index is 9.05. The summed E-state index contributed by atoms with van der Waals surface area (Å²) in [7, 11) is 0. The van der Waals surface area contributed by atoms with Gasteiger partial charge in [-0.05, 0) is 12.3 Å². The largest absolute Gasteiger partial charge is 0.390 e. The molecule has 0 amide bonds. The van der Waals surface area contributed by atoms with Crippen molar-refractivity contribution in [3.63, 3.8) is 0 Å². The van der Waals surface area contributed by atoms with Crippen molar-refractivity contribution in [2.75, 3.05) is 13.2 Å². The molecule has 1 aliphatic rings. The van der Waals surface area contributed by atoms with E-state index in [0.717, 1.165) is 13.0 Å². The van der Waals surface area contributed by atoms with Crippen LogP contribution in [0.2, 0.25) is 0 Å². The maximum atomic E-state index is 9.05. The van der Waals surface area contributed by atoms with Crippen molar-refractivity contribution in [2.24, 2.45) is 5.92 Å². The van der Waals surface area contributed by atoms with Gasteiger partial charge >= 0.3 is 0 Å². The van der Waals surface area contributed by atoms with Crippen molar-refractivity contribution in [2.45, 2.75) is 33.3 Å². The average molecular weight is 146 g/mol. The van der Waals surface area contributed by atoms with Gasteiger partial charge in [0.05, 0.1) is 12.7 Å². The first-order valence-electron chi connectivity index (χ1n) is 4.06. The predicted molar refractivity (Wildman–Crippen MR) is 42.0 cm³/mol. The van der Waals surface area contributed by atoms with Crippen LogP contribution in [0, 0.1) is 5.92 Å². The number of hydrogen-bond acceptors (Lipinski definition) is 2. The summed E-state index contributed by atoms with van der Waals surface area (Å²) in [6.45, 7) is 7.40. The van der Waals surface area contributed by atoms with Gasteiger partial charge in [-0.15, -0.1) is 0 Å². The number of ether oxygens (including phenoxy) is 1. The highest BCUT2D eigenvalue weighted by Gasteiger charge is 2.18. The van der Waals surface area contributed by atoms with Gasteiger partial charge in [-0.3, -0.25) is 0 Å². The van der Waals surface area contributed by atoms with Crippen molar-refractivity contribution in [3.05, 3.63) is 0 Å². The molecule has 1 aliphatic heterocycles. The fourth-order valence-corrected chi connectivity index (χ4v) is 0.830. The zero-order valence-corrected chi connectivity index (χ0v) is 7.13. The standard InChI is InChI=1S/C6H12O2.C2H6/c1-5-2-3-8-4-6(5)7;1-2/h5-7H,2-4H2,1H3;1-2H3/t5-,6-;/m0./s1. The van der Waals surface area contributed by atoms with Gasteiger partial charge in [-0.25, -0.2) is 0 Å². The third kappa shape index (κ3) is 3.18. The summed E-state index contributed by atoms with van der Waals surface area (Å²) >= 11 is 0. The topological polar surface area (TPSA) is 29.5 Å². The van der Waals surface area contributed by atoms with Crippen LogP contribution in [-0.4, -0.2) is 24.4 Å². The summed E-state index contributed by atoms with van der Waals surface area (Å²) in [5.74, 6) is 0.434. The molecule has 2 nitrogen and oxygen atoms in total. The minimum absolute atomic E-state index is 0.219. The third-order valence-electron chi connectivity index (χ3n) is 1.66. The Bertz CT molecular complexity index is 63.7. The molecule has 2 atom stereocenters. The molecule has 0 aromatic heterocycles. The van der Waals surface area contributed by atoms with E-state index in [2.05, 4.69) is 0 Å². The van der Waals surface area contributed by atoms with Crippen LogP contribution in [0.3, 0.4) is 0 Å². The molecule has 1 N–H and O–H groups in total. The second-order valence-corrected chi connectivity index (χ2v) is 2.41. The monoisotopic (exact) mass is 146 g/mol. The SMILES string of the molecule is CC.C[C@H]1CCOC[C@@H]1O. The van der Waals surface area contributed by atoms with Gasteiger partial charge in [-0.1, -0.05) is 20.8 Å². The first-order valence-corrected chi connectivity index (χ1v) is 4.06. The second-order valence-electron chi connectivity index (χ2n) is 2.41. The van der Waals surface area contributed by atoms with E-state index in [1.165, 1.54) is 0 Å². The molecule has 1 rings (SSSR count). The number of aliphatic hydroxyl groups excluding tert-OH is 1. The molecule has 0 unspecified atom stereocenters. The van der Waals surface area contributed by atoms with E-state index in [-0.39, 0.29) is 6.10 Å². The van der Waals surface area contributed by atoms with Crippen molar-refractivity contribution in [1.82, 2.24) is 0 Å². The summed E-state index contributed by atoms with van der Waals surface area (Å²) in [5, 5.41) is 9.05. The fraction of sp³-hybridized carbons (Fsp3) is 1.00. The van der Waals surface area contributed by atoms with Crippen LogP contribution in [0.15, 0.2) is 0 Å². The molecule has 0 aromatic carbocycles. The zero-order chi connectivity index (χ0) is 7.98. The Morgan fingerprint density at radius 3 is 2.30 bits per heavy atom. The summed E-state index contributed by atoms with van der Waals surface area (Å²) in [4.78, 5) is 0. The quantitative estimate of drug-likeness (QED) is 0.560. The van der Waals surface area contributed by atoms with E-state index >= 15 is 0 Å². The predicted octanol–water partition coefficient (Wildman–Crippen LogP) is 1.43. The van der Waals surface area contributed by atoms with E-state index in [1.54, 1.807) is 0 Å². The molecule has 0 aliphatic carbocycles. The van der Waals surface area contributed by atoms with E-state index in [9.17, 15) is 0 Å². The molecule has 10 heavy (non-hydrogen) atoms. The molecule has 1 fully saturated rings. The Labute approximate surface area is 63.2 Å². The van der Waals surface area contributed by atoms with E-state index < -0.39 is 0 Å². The Kier molecular flexibility index (Phi) is 5.64. The Morgan fingerprint density at radius 2 is 2.00 bits per heavy atom. The molecule has 0 radical (unpaired) electrons. The van der Waals surface area contributed by atoms with Crippen molar-refractivity contribution >= 4 is 0 Å². The van der Waals surface area contributed by atoms with Crippen molar-refractivity contribution < 1.29 is 9.84 Å². The highest BCUT2D eigenvalue weighted by molar-refractivity contribution is 4.67. The molecule has 62 valence electrons. The molecule has 2 heteroatoms. The highest BCUT2D eigenvalue weighted by Crippen LogP contribution is 2.13. The van der Waals surface area contributed by atoms with Gasteiger partial charge in [0.15, 0.2) is 0 Å². The van der Waals surface area contributed by atoms with Crippen molar-refractivity contribution in [1.29, 1.82) is 0 Å². The molecule has 1 saturated heterocycles. The highest BCUT2D eigenvalue weighted by atomic mass is 16.5. The van der Waals surface area contributed by atoms with E-state index in [1.807, 2.05) is 20.8 Å². The molecule has 0 spiro atoms. The molecule has 0 saturated carbocycles. The molecule has 1 heterocycles. The van der Waals surface area contributed by atoms with E-state index in [4.69, 9.17) is 9.84 Å². The minimum atomic E-state index is -0.219. The summed E-state index contributed by atoms with van der Waals surface area (Å²) in [5.41, 5.74) is 0. The van der Waals surface area contributed by atoms with Gasteiger partial charge in [0.25, 0.3) is 0 Å². The third-order valence-corrected chi connectivity index (χ3v) is 1.66. The van der Waals surface area contributed by atoms with Crippen LogP contribution in [-0.2, 0) is 4.74 Å². The Balaban J connectivity index is 0.000000371. The Hall–Kier alpha value is -0.0800. The molecular formula is C8H18O2. The molecule has 0 bridgehead atoms. The van der Waals surface area contributed by atoms with E-state index in [0.29, 0.717) is 12.5 Å². The van der Waals surface area contributed by atoms with Crippen molar-refractivity contribution in [3.8, 4) is 0 Å². The van der Waals surface area contributed by atoms with Crippen LogP contribution in [0.1, 0.15) is 27.2 Å². The minimum Gasteiger partial charge on any atom is -0.390 e. The number of aliphatic hydroxyl groups is 1. The molecular weight excluding hydrogens is 128 g/mol. The van der Waals surface area contributed by atoms with Gasteiger partial charge < -0.3 is 9.84 Å². The summed E-state index contributed by atoms with van der Waals surface area (Å²) < 4.78 is 5.00. The first kappa shape index (κ1) is 9.92. The fourth-order valence-electron chi connectivity index (χ4n) is 0.830. The second kappa shape index (κ2) is 5.69. The number of rotatable bonds is 0. The van der Waals surface area contributed by atoms with Gasteiger partial charge in [-0.2, -0.15) is 0 Å². The van der Waals surface area contributed by atoms with Crippen LogP contribution in [0.5, 0.6) is 0 Å². The summed E-state index contributed by atoms with van der Waals surface area (Å²) in [6, 6.07) is 0. The maximum Gasteiger partial charge on any atom is 0.0799 e. The Morgan fingerprint density at radius 1 is 1.40 bits per heavy atom. The van der Waals surface area contributed by atoms with Crippen LogP contribution < -0.4 is 0 Å². The lowest BCUT2D eigenvalue weighted by Gasteiger charge is -2.23. The normalized spacial score (nSPS) is 32.4. The molecule has 0 aromatic rings. The zero-order valence-electron chi connectivity index (χ0n) is 7.13. The lowest BCUT2D eigenvalue weighted by molar-refractivity contribution is -0.0380. The van der Waals surface area contributed by atoms with Crippen LogP contribution in [0.25, 0.3) is 0 Å². The lowest BCUT2D eigenvalue weighted by Crippen LogP contribution is -2.29. The van der Waals surface area contributed by atoms with Gasteiger partial charge in [0.1, 0.15) is 0 Å². The van der Waals surface area contributed by atoms with Crippen LogP contribution in [0.4, 0.5) is 0 Å². The summed E-state index contributed by atoms with van der Waals surface area (Å²) in [6.07, 6.45) is 0.782. The number of hydrogen-bond donors (Lipinski definition) is 1.